The summed E-state index contributed by atoms with van der Waals surface area (Å²) in [5.41, 5.74) is 1.50. The Balaban J connectivity index is 1.51. The number of aryl methyl sites for hydroxylation is 1. The maximum atomic E-state index is 12.2. The number of aromatic amines is 1. The molecule has 0 aliphatic heterocycles. The first-order valence-electron chi connectivity index (χ1n) is 8.08. The van der Waals surface area contributed by atoms with E-state index >= 15 is 0 Å². The van der Waals surface area contributed by atoms with Gasteiger partial charge in [0.05, 0.1) is 16.9 Å². The van der Waals surface area contributed by atoms with E-state index in [2.05, 4.69) is 25.3 Å². The maximum Gasteiger partial charge on any atom is 0.387 e. The van der Waals surface area contributed by atoms with Crippen LogP contribution in [0.15, 0.2) is 42.7 Å². The van der Waals surface area contributed by atoms with Gasteiger partial charge in [0.25, 0.3) is 5.91 Å². The largest absolute Gasteiger partial charge is 0.435 e. The lowest BCUT2D eigenvalue weighted by molar-refractivity contribution is -0.0498. The average Bonchev–Trinajstić information content (AvgIpc) is 3.28. The number of ether oxygens (including phenoxy) is 1. The molecule has 0 saturated heterocycles. The van der Waals surface area contributed by atoms with E-state index in [9.17, 15) is 13.6 Å². The predicted octanol–water partition coefficient (Wildman–Crippen LogP) is 3.35. The number of hydrogen-bond acceptors (Lipinski definition) is 4. The van der Waals surface area contributed by atoms with Gasteiger partial charge >= 0.3 is 6.61 Å². The Hall–Kier alpha value is -2.94. The number of aromatic nitrogens is 4. The molecule has 1 aromatic carbocycles. The molecule has 0 fully saturated rings. The third-order valence-corrected chi connectivity index (χ3v) is 3.84. The Kier molecular flexibility index (Phi) is 6.02. The molecular weight excluding hydrogens is 380 g/mol. The van der Waals surface area contributed by atoms with Gasteiger partial charge in [-0.2, -0.15) is 19.0 Å². The molecule has 0 atom stereocenters. The molecule has 142 valence electrons. The quantitative estimate of drug-likeness (QED) is 0.573. The van der Waals surface area contributed by atoms with E-state index < -0.39 is 6.61 Å². The van der Waals surface area contributed by atoms with Gasteiger partial charge in [0.2, 0.25) is 0 Å². The van der Waals surface area contributed by atoms with Gasteiger partial charge in [-0.05, 0) is 36.8 Å². The molecule has 0 spiro atoms. The van der Waals surface area contributed by atoms with E-state index in [1.807, 2.05) is 0 Å². The summed E-state index contributed by atoms with van der Waals surface area (Å²) in [6.45, 7) is -1.78. The highest BCUT2D eigenvalue weighted by Gasteiger charge is 2.11. The lowest BCUT2D eigenvalue weighted by Gasteiger charge is -2.04. The van der Waals surface area contributed by atoms with Crippen LogP contribution in [-0.4, -0.2) is 39.0 Å². The molecule has 3 rings (SSSR count). The SMILES string of the molecule is O=C(NCCCn1cc(Cl)cn1)c1cc(-c2ccc(OC(F)F)cc2)n[nH]1. The van der Waals surface area contributed by atoms with Crippen LogP contribution >= 0.6 is 11.6 Å². The van der Waals surface area contributed by atoms with E-state index in [0.29, 0.717) is 41.5 Å². The molecule has 0 aliphatic rings. The van der Waals surface area contributed by atoms with Gasteiger partial charge < -0.3 is 10.1 Å². The summed E-state index contributed by atoms with van der Waals surface area (Å²) in [5.74, 6) is -0.231. The highest BCUT2D eigenvalue weighted by molar-refractivity contribution is 6.30. The van der Waals surface area contributed by atoms with Crippen molar-refractivity contribution in [2.45, 2.75) is 19.6 Å². The van der Waals surface area contributed by atoms with Crippen molar-refractivity contribution in [1.82, 2.24) is 25.3 Å². The van der Waals surface area contributed by atoms with Crippen molar-refractivity contribution < 1.29 is 18.3 Å². The highest BCUT2D eigenvalue weighted by Crippen LogP contribution is 2.22. The lowest BCUT2D eigenvalue weighted by atomic mass is 10.1. The summed E-state index contributed by atoms with van der Waals surface area (Å²) < 4.78 is 30.3. The Morgan fingerprint density at radius 1 is 1.33 bits per heavy atom. The summed E-state index contributed by atoms with van der Waals surface area (Å²) in [6, 6.07) is 7.59. The van der Waals surface area contributed by atoms with E-state index in [0.717, 1.165) is 0 Å². The zero-order valence-electron chi connectivity index (χ0n) is 14.0. The summed E-state index contributed by atoms with van der Waals surface area (Å²) in [4.78, 5) is 12.2. The van der Waals surface area contributed by atoms with Crippen molar-refractivity contribution >= 4 is 17.5 Å². The van der Waals surface area contributed by atoms with Crippen molar-refractivity contribution in [3.63, 3.8) is 0 Å². The van der Waals surface area contributed by atoms with Crippen LogP contribution in [0.25, 0.3) is 11.3 Å². The number of carbonyl (C=O) groups excluding carboxylic acids is 1. The van der Waals surface area contributed by atoms with Gasteiger partial charge in [0.1, 0.15) is 11.4 Å². The molecule has 0 unspecified atom stereocenters. The maximum absolute atomic E-state index is 12.2. The third-order valence-electron chi connectivity index (χ3n) is 3.65. The molecule has 7 nitrogen and oxygen atoms in total. The molecular formula is C17H16ClF2N5O2. The molecule has 27 heavy (non-hydrogen) atoms. The van der Waals surface area contributed by atoms with Crippen molar-refractivity contribution in [3.8, 4) is 17.0 Å². The topological polar surface area (TPSA) is 84.8 Å². The van der Waals surface area contributed by atoms with E-state index in [1.54, 1.807) is 35.3 Å². The van der Waals surface area contributed by atoms with Crippen LogP contribution in [0.2, 0.25) is 5.02 Å². The number of amides is 1. The smallest absolute Gasteiger partial charge is 0.387 e. The first kappa shape index (κ1) is 18.8. The van der Waals surface area contributed by atoms with Crippen LogP contribution in [0.4, 0.5) is 8.78 Å². The predicted molar refractivity (Wildman–Crippen MR) is 94.8 cm³/mol. The molecule has 2 N–H and O–H groups in total. The van der Waals surface area contributed by atoms with Crippen molar-refractivity contribution in [1.29, 1.82) is 0 Å². The van der Waals surface area contributed by atoms with Crippen molar-refractivity contribution in [2.75, 3.05) is 6.54 Å². The molecule has 10 heteroatoms. The molecule has 0 radical (unpaired) electrons. The fourth-order valence-electron chi connectivity index (χ4n) is 2.39. The zero-order valence-corrected chi connectivity index (χ0v) is 14.8. The number of alkyl halides is 2. The fraction of sp³-hybridized carbons (Fsp3) is 0.235. The number of rotatable bonds is 8. The van der Waals surface area contributed by atoms with Crippen LogP contribution in [0.5, 0.6) is 5.75 Å². The van der Waals surface area contributed by atoms with Crippen molar-refractivity contribution in [3.05, 3.63) is 53.4 Å². The van der Waals surface area contributed by atoms with Gasteiger partial charge in [0.15, 0.2) is 0 Å². The van der Waals surface area contributed by atoms with Gasteiger partial charge in [-0.25, -0.2) is 0 Å². The monoisotopic (exact) mass is 395 g/mol. The number of hydrogen-bond donors (Lipinski definition) is 2. The highest BCUT2D eigenvalue weighted by atomic mass is 35.5. The molecule has 3 aromatic rings. The van der Waals surface area contributed by atoms with Gasteiger partial charge in [-0.1, -0.05) is 11.6 Å². The van der Waals surface area contributed by atoms with Crippen molar-refractivity contribution in [2.24, 2.45) is 0 Å². The summed E-state index contributed by atoms with van der Waals surface area (Å²) >= 11 is 5.78. The van der Waals surface area contributed by atoms with E-state index in [1.165, 1.54) is 12.1 Å². The van der Waals surface area contributed by atoms with Crippen LogP contribution < -0.4 is 10.1 Å². The number of H-pyrrole nitrogens is 1. The van der Waals surface area contributed by atoms with Gasteiger partial charge in [-0.15, -0.1) is 0 Å². The first-order chi connectivity index (χ1) is 13.0. The molecule has 2 heterocycles. The Morgan fingerprint density at radius 2 is 2.11 bits per heavy atom. The average molecular weight is 396 g/mol. The molecule has 0 saturated carbocycles. The summed E-state index contributed by atoms with van der Waals surface area (Å²) in [7, 11) is 0. The van der Waals surface area contributed by atoms with Crippen LogP contribution in [0.1, 0.15) is 16.9 Å². The van der Waals surface area contributed by atoms with Gasteiger partial charge in [-0.3, -0.25) is 14.6 Å². The number of halogens is 3. The van der Waals surface area contributed by atoms with E-state index in [-0.39, 0.29) is 11.7 Å². The van der Waals surface area contributed by atoms with Gasteiger partial charge in [0, 0.05) is 24.8 Å². The zero-order chi connectivity index (χ0) is 19.2. The standard InChI is InChI=1S/C17H16ClF2N5O2/c18-12-9-22-25(10-12)7-1-6-21-16(26)15-8-14(23-24-15)11-2-4-13(5-3-11)27-17(19)20/h2-5,8-10,17H,1,6-7H2,(H,21,26)(H,23,24). The number of carbonyl (C=O) groups is 1. The third kappa shape index (κ3) is 5.27. The van der Waals surface area contributed by atoms with Crippen LogP contribution in [-0.2, 0) is 6.54 Å². The number of nitrogens with zero attached hydrogens (tertiary/aromatic N) is 3. The number of benzene rings is 1. The summed E-state index contributed by atoms with van der Waals surface area (Å²) in [6.07, 6.45) is 3.96. The fourth-order valence-corrected chi connectivity index (χ4v) is 2.55. The minimum atomic E-state index is -2.87. The minimum absolute atomic E-state index is 0.0562. The molecule has 0 aliphatic carbocycles. The van der Waals surface area contributed by atoms with Crippen LogP contribution in [0.3, 0.4) is 0 Å². The molecule has 1 amide bonds. The molecule has 2 aromatic heterocycles. The number of nitrogens with one attached hydrogen (secondary N) is 2. The van der Waals surface area contributed by atoms with Crippen LogP contribution in [0, 0.1) is 0 Å². The normalized spacial score (nSPS) is 11.0. The Morgan fingerprint density at radius 3 is 2.78 bits per heavy atom. The Bertz CT molecular complexity index is 895. The second-order valence-corrected chi connectivity index (χ2v) is 6.04. The first-order valence-corrected chi connectivity index (χ1v) is 8.46. The second kappa shape index (κ2) is 8.63. The summed E-state index contributed by atoms with van der Waals surface area (Å²) in [5, 5.41) is 14.1. The van der Waals surface area contributed by atoms with E-state index in [4.69, 9.17) is 11.6 Å². The molecule has 0 bridgehead atoms. The lowest BCUT2D eigenvalue weighted by Crippen LogP contribution is -2.25. The second-order valence-electron chi connectivity index (χ2n) is 5.60. The minimum Gasteiger partial charge on any atom is -0.435 e. The Labute approximate surface area is 158 Å².